The molecule has 1 heterocycles. The summed E-state index contributed by atoms with van der Waals surface area (Å²) >= 11 is 0. The van der Waals surface area contributed by atoms with E-state index in [2.05, 4.69) is 27.1 Å². The van der Waals surface area contributed by atoms with Crippen molar-refractivity contribution in [3.05, 3.63) is 48.1 Å². The van der Waals surface area contributed by atoms with Gasteiger partial charge in [-0.1, -0.05) is 19.1 Å². The van der Waals surface area contributed by atoms with E-state index in [9.17, 15) is 8.78 Å². The predicted molar refractivity (Wildman–Crippen MR) is 119 cm³/mol. The van der Waals surface area contributed by atoms with E-state index in [4.69, 9.17) is 0 Å². The fourth-order valence-electron chi connectivity index (χ4n) is 3.11. The molecule has 1 atom stereocenters. The third-order valence-electron chi connectivity index (χ3n) is 4.70. The summed E-state index contributed by atoms with van der Waals surface area (Å²) in [7, 11) is 0. The Morgan fingerprint density at radius 3 is 2.63 bits per heavy atom. The Labute approximate surface area is 178 Å². The molecule has 0 spiro atoms. The third kappa shape index (κ3) is 7.73. The van der Waals surface area contributed by atoms with E-state index in [0.717, 1.165) is 50.5 Å². The van der Waals surface area contributed by atoms with Gasteiger partial charge in [-0.05, 0) is 37.5 Å². The van der Waals surface area contributed by atoms with Crippen LogP contribution in [-0.4, -0.2) is 49.6 Å². The van der Waals surface area contributed by atoms with Gasteiger partial charge in [0.25, 0.3) is 0 Å². The van der Waals surface area contributed by atoms with E-state index < -0.39 is 11.6 Å². The van der Waals surface area contributed by atoms with Crippen molar-refractivity contribution < 1.29 is 8.78 Å². The highest BCUT2D eigenvalue weighted by molar-refractivity contribution is 14.0. The number of benzene rings is 1. The van der Waals surface area contributed by atoms with Crippen molar-refractivity contribution in [3.8, 4) is 0 Å². The molecule has 1 aromatic carbocycles. The van der Waals surface area contributed by atoms with Crippen LogP contribution in [0.5, 0.6) is 0 Å². The number of halogens is 3. The number of hydrogen-bond donors (Lipinski definition) is 2. The summed E-state index contributed by atoms with van der Waals surface area (Å²) in [6, 6.07) is 4.44. The molecule has 0 aromatic heterocycles. The largest absolute Gasteiger partial charge is 0.357 e. The molecule has 4 nitrogen and oxygen atoms in total. The van der Waals surface area contributed by atoms with Crippen molar-refractivity contribution in [1.82, 2.24) is 15.5 Å². The van der Waals surface area contributed by atoms with Gasteiger partial charge < -0.3 is 10.6 Å². The first-order valence-corrected chi connectivity index (χ1v) is 9.36. The molecule has 1 unspecified atom stereocenters. The van der Waals surface area contributed by atoms with Crippen LogP contribution in [0, 0.1) is 11.6 Å². The molecule has 1 saturated heterocycles. The van der Waals surface area contributed by atoms with E-state index in [0.29, 0.717) is 12.6 Å². The predicted octanol–water partition coefficient (Wildman–Crippen LogP) is 3.89. The number of nitrogens with one attached hydrogen (secondary N) is 2. The zero-order valence-electron chi connectivity index (χ0n) is 16.2. The van der Waals surface area contributed by atoms with Crippen molar-refractivity contribution in [2.24, 2.45) is 4.99 Å². The summed E-state index contributed by atoms with van der Waals surface area (Å²) in [5.74, 6) is -0.837. The summed E-state index contributed by atoms with van der Waals surface area (Å²) in [4.78, 5) is 7.03. The summed E-state index contributed by atoms with van der Waals surface area (Å²) in [5.41, 5.74) is 0.751. The van der Waals surface area contributed by atoms with Crippen LogP contribution in [0.25, 0.3) is 0 Å². The molecule has 0 radical (unpaired) electrons. The smallest absolute Gasteiger partial charge is 0.191 e. The van der Waals surface area contributed by atoms with Gasteiger partial charge in [-0.3, -0.25) is 9.89 Å². The molecular weight excluding hydrogens is 461 g/mol. The van der Waals surface area contributed by atoms with Crippen LogP contribution in [0.3, 0.4) is 0 Å². The van der Waals surface area contributed by atoms with Crippen molar-refractivity contribution in [1.29, 1.82) is 0 Å². The minimum Gasteiger partial charge on any atom is -0.357 e. The fourth-order valence-corrected chi connectivity index (χ4v) is 3.11. The lowest BCUT2D eigenvalue weighted by Gasteiger charge is -2.32. The van der Waals surface area contributed by atoms with Gasteiger partial charge >= 0.3 is 0 Å². The first-order valence-electron chi connectivity index (χ1n) is 9.36. The Bertz CT molecular complexity index is 616. The highest BCUT2D eigenvalue weighted by Gasteiger charge is 2.19. The number of guanidine groups is 1. The van der Waals surface area contributed by atoms with Crippen LogP contribution < -0.4 is 10.6 Å². The minimum absolute atomic E-state index is 0. The normalized spacial score (nSPS) is 17.1. The second-order valence-corrected chi connectivity index (χ2v) is 6.80. The second-order valence-electron chi connectivity index (χ2n) is 6.80. The second kappa shape index (κ2) is 12.3. The van der Waals surface area contributed by atoms with E-state index >= 15 is 0 Å². The Balaban J connectivity index is 0.00000364. The van der Waals surface area contributed by atoms with Gasteiger partial charge in [-0.15, -0.1) is 30.6 Å². The Morgan fingerprint density at radius 1 is 1.33 bits per heavy atom. The molecule has 1 aromatic rings. The Morgan fingerprint density at radius 2 is 2.04 bits per heavy atom. The maximum atomic E-state index is 13.4. The SMILES string of the molecule is C=CCN1CCC(NC(=NCC(C)c2ccc(F)c(F)c2)NCC)CC1.I. The van der Waals surface area contributed by atoms with Gasteiger partial charge in [0.05, 0.1) is 0 Å². The molecule has 0 aliphatic carbocycles. The maximum absolute atomic E-state index is 13.4. The first kappa shape index (κ1) is 23.8. The van der Waals surface area contributed by atoms with Crippen LogP contribution in [0.15, 0.2) is 35.8 Å². The number of piperidine rings is 1. The number of likely N-dealkylation sites (tertiary alicyclic amines) is 1. The topological polar surface area (TPSA) is 39.7 Å². The molecule has 152 valence electrons. The highest BCUT2D eigenvalue weighted by Crippen LogP contribution is 2.18. The van der Waals surface area contributed by atoms with Crippen LogP contribution in [-0.2, 0) is 0 Å². The quantitative estimate of drug-likeness (QED) is 0.263. The van der Waals surface area contributed by atoms with Gasteiger partial charge in [-0.2, -0.15) is 0 Å². The van der Waals surface area contributed by atoms with Crippen LogP contribution >= 0.6 is 24.0 Å². The van der Waals surface area contributed by atoms with Crippen LogP contribution in [0.1, 0.15) is 38.2 Å². The van der Waals surface area contributed by atoms with Gasteiger partial charge in [0, 0.05) is 44.7 Å². The number of nitrogens with zero attached hydrogens (tertiary/aromatic N) is 2. The molecule has 0 amide bonds. The third-order valence-corrected chi connectivity index (χ3v) is 4.70. The van der Waals surface area contributed by atoms with Crippen molar-refractivity contribution in [2.45, 2.75) is 38.6 Å². The van der Waals surface area contributed by atoms with Gasteiger partial charge in [-0.25, -0.2) is 8.78 Å². The zero-order valence-corrected chi connectivity index (χ0v) is 18.5. The number of hydrogen-bond acceptors (Lipinski definition) is 2. The Kier molecular flexibility index (Phi) is 10.8. The molecule has 2 rings (SSSR count). The Hall–Kier alpha value is -1.22. The summed E-state index contributed by atoms with van der Waals surface area (Å²) < 4.78 is 26.5. The fraction of sp³-hybridized carbons (Fsp3) is 0.550. The monoisotopic (exact) mass is 492 g/mol. The van der Waals surface area contributed by atoms with Crippen molar-refractivity contribution >= 4 is 29.9 Å². The van der Waals surface area contributed by atoms with E-state index in [1.54, 1.807) is 6.07 Å². The van der Waals surface area contributed by atoms with Crippen molar-refractivity contribution in [3.63, 3.8) is 0 Å². The minimum atomic E-state index is -0.817. The van der Waals surface area contributed by atoms with E-state index in [1.165, 1.54) is 12.1 Å². The first-order chi connectivity index (χ1) is 12.5. The van der Waals surface area contributed by atoms with E-state index in [1.807, 2.05) is 19.9 Å². The standard InChI is InChI=1S/C20H30F2N4.HI/c1-4-10-26-11-8-17(9-12-26)25-20(23-5-2)24-14-15(3)16-6-7-18(21)19(22)13-16;/h4,6-7,13,15,17H,1,5,8-12,14H2,2-3H3,(H2,23,24,25);1H. The molecule has 1 aliphatic heterocycles. The van der Waals surface area contributed by atoms with Gasteiger partial charge in [0.15, 0.2) is 17.6 Å². The summed E-state index contributed by atoms with van der Waals surface area (Å²) in [6.45, 7) is 12.1. The number of aliphatic imine (C=N–C) groups is 1. The molecule has 0 saturated carbocycles. The molecule has 2 N–H and O–H groups in total. The van der Waals surface area contributed by atoms with Gasteiger partial charge in [0.2, 0.25) is 0 Å². The van der Waals surface area contributed by atoms with Gasteiger partial charge in [0.1, 0.15) is 0 Å². The summed E-state index contributed by atoms with van der Waals surface area (Å²) in [5, 5.41) is 6.77. The molecule has 7 heteroatoms. The molecule has 0 bridgehead atoms. The summed E-state index contributed by atoms with van der Waals surface area (Å²) in [6.07, 6.45) is 4.08. The molecule has 27 heavy (non-hydrogen) atoms. The van der Waals surface area contributed by atoms with E-state index in [-0.39, 0.29) is 29.9 Å². The molecular formula is C20H31F2IN4. The maximum Gasteiger partial charge on any atom is 0.191 e. The molecule has 1 fully saturated rings. The average molecular weight is 492 g/mol. The van der Waals surface area contributed by atoms with Crippen molar-refractivity contribution in [2.75, 3.05) is 32.7 Å². The number of rotatable bonds is 7. The van der Waals surface area contributed by atoms with Crippen LogP contribution in [0.4, 0.5) is 8.78 Å². The lowest BCUT2D eigenvalue weighted by Crippen LogP contribution is -2.48. The average Bonchev–Trinajstić information content (AvgIpc) is 2.63. The zero-order chi connectivity index (χ0) is 18.9. The highest BCUT2D eigenvalue weighted by atomic mass is 127. The molecule has 1 aliphatic rings. The lowest BCUT2D eigenvalue weighted by atomic mass is 10.0. The lowest BCUT2D eigenvalue weighted by molar-refractivity contribution is 0.225. The van der Waals surface area contributed by atoms with Crippen LogP contribution in [0.2, 0.25) is 0 Å².